The van der Waals surface area contributed by atoms with Crippen LogP contribution in [0.4, 0.5) is 5.69 Å². The summed E-state index contributed by atoms with van der Waals surface area (Å²) in [5.41, 5.74) is 8.70. The molecule has 0 atom stereocenters. The molecule has 1 aliphatic heterocycles. The number of aliphatic imine (C=N–C) groups is 1. The molecule has 0 unspecified atom stereocenters. The molecule has 0 amide bonds. The van der Waals surface area contributed by atoms with Crippen LogP contribution in [-0.4, -0.2) is 55.1 Å². The van der Waals surface area contributed by atoms with E-state index in [0.29, 0.717) is 5.96 Å². The molecule has 1 saturated heterocycles. The maximum Gasteiger partial charge on any atom is 0.191 e. The highest BCUT2D eigenvalue weighted by atomic mass is 32.2. The average molecular weight is 306 g/mol. The molecule has 0 radical (unpaired) electrons. The fourth-order valence-electron chi connectivity index (χ4n) is 2.54. The normalized spacial score (nSPS) is 16.1. The highest BCUT2D eigenvalue weighted by Gasteiger charge is 2.12. The number of aryl methyl sites for hydroxylation is 1. The van der Waals surface area contributed by atoms with Crippen LogP contribution in [-0.2, 0) is 0 Å². The molecule has 1 aromatic rings. The lowest BCUT2D eigenvalue weighted by atomic mass is 10.2. The molecule has 2 rings (SSSR count). The number of hydrogen-bond acceptors (Lipinski definition) is 3. The van der Waals surface area contributed by atoms with Crippen LogP contribution >= 0.6 is 11.8 Å². The summed E-state index contributed by atoms with van der Waals surface area (Å²) >= 11 is 1.99. The Balaban J connectivity index is 1.89. The third kappa shape index (κ3) is 4.56. The Labute approximate surface area is 132 Å². The van der Waals surface area contributed by atoms with Crippen molar-refractivity contribution in [2.45, 2.75) is 13.8 Å². The highest BCUT2D eigenvalue weighted by Crippen LogP contribution is 2.18. The SMILES string of the molecule is CCN(CCN=C(N)N1CCSCC1)c1ccccc1C. The van der Waals surface area contributed by atoms with Crippen LogP contribution in [0.3, 0.4) is 0 Å². The molecule has 0 saturated carbocycles. The first-order valence-electron chi connectivity index (χ1n) is 7.65. The number of nitrogens with zero attached hydrogens (tertiary/aromatic N) is 3. The van der Waals surface area contributed by atoms with E-state index >= 15 is 0 Å². The number of benzene rings is 1. The summed E-state index contributed by atoms with van der Waals surface area (Å²) in [6.07, 6.45) is 0. The number of anilines is 1. The van der Waals surface area contributed by atoms with Gasteiger partial charge in [0.25, 0.3) is 0 Å². The molecule has 0 bridgehead atoms. The maximum absolute atomic E-state index is 6.09. The monoisotopic (exact) mass is 306 g/mol. The van der Waals surface area contributed by atoms with Gasteiger partial charge in [0.2, 0.25) is 0 Å². The van der Waals surface area contributed by atoms with Gasteiger partial charge in [-0.1, -0.05) is 18.2 Å². The van der Waals surface area contributed by atoms with E-state index in [4.69, 9.17) is 5.73 Å². The molecule has 0 spiro atoms. The van der Waals surface area contributed by atoms with Crippen molar-refractivity contribution in [3.8, 4) is 0 Å². The Hall–Kier alpha value is -1.36. The summed E-state index contributed by atoms with van der Waals surface area (Å²) in [7, 11) is 0. The van der Waals surface area contributed by atoms with E-state index in [1.165, 1.54) is 11.3 Å². The van der Waals surface area contributed by atoms with Crippen LogP contribution in [0, 0.1) is 6.92 Å². The van der Waals surface area contributed by atoms with Gasteiger partial charge in [0.15, 0.2) is 5.96 Å². The van der Waals surface area contributed by atoms with Crippen LogP contribution in [0.1, 0.15) is 12.5 Å². The molecule has 0 aromatic heterocycles. The van der Waals surface area contributed by atoms with Crippen LogP contribution in [0.5, 0.6) is 0 Å². The zero-order valence-corrected chi connectivity index (χ0v) is 13.9. The third-order valence-electron chi connectivity index (χ3n) is 3.82. The van der Waals surface area contributed by atoms with Gasteiger partial charge in [-0.05, 0) is 25.5 Å². The lowest BCUT2D eigenvalue weighted by Gasteiger charge is -2.28. The van der Waals surface area contributed by atoms with E-state index < -0.39 is 0 Å². The fraction of sp³-hybridized carbons (Fsp3) is 0.562. The van der Waals surface area contributed by atoms with Gasteiger partial charge >= 0.3 is 0 Å². The van der Waals surface area contributed by atoms with Crippen molar-refractivity contribution in [1.82, 2.24) is 4.90 Å². The van der Waals surface area contributed by atoms with Crippen molar-refractivity contribution in [3.05, 3.63) is 29.8 Å². The zero-order chi connectivity index (χ0) is 15.1. The van der Waals surface area contributed by atoms with Gasteiger partial charge in [-0.25, -0.2) is 0 Å². The predicted octanol–water partition coefficient (Wildman–Crippen LogP) is 2.18. The smallest absolute Gasteiger partial charge is 0.191 e. The molecule has 2 N–H and O–H groups in total. The molecule has 5 heteroatoms. The second kappa shape index (κ2) is 8.17. The second-order valence-corrected chi connectivity index (χ2v) is 6.43. The molecular weight excluding hydrogens is 280 g/mol. The fourth-order valence-corrected chi connectivity index (χ4v) is 3.45. The summed E-state index contributed by atoms with van der Waals surface area (Å²) in [4.78, 5) is 9.11. The van der Waals surface area contributed by atoms with Gasteiger partial charge in [-0.3, -0.25) is 4.99 Å². The van der Waals surface area contributed by atoms with E-state index in [9.17, 15) is 0 Å². The molecule has 21 heavy (non-hydrogen) atoms. The lowest BCUT2D eigenvalue weighted by Crippen LogP contribution is -2.43. The van der Waals surface area contributed by atoms with Crippen LogP contribution in [0.25, 0.3) is 0 Å². The molecule has 1 aliphatic rings. The van der Waals surface area contributed by atoms with Crippen molar-refractivity contribution >= 4 is 23.4 Å². The van der Waals surface area contributed by atoms with Crippen LogP contribution in [0.15, 0.2) is 29.3 Å². The molecule has 4 nitrogen and oxygen atoms in total. The van der Waals surface area contributed by atoms with Crippen LogP contribution < -0.4 is 10.6 Å². The number of guanidine groups is 1. The van der Waals surface area contributed by atoms with E-state index in [-0.39, 0.29) is 0 Å². The maximum atomic E-state index is 6.09. The van der Waals surface area contributed by atoms with E-state index in [2.05, 4.69) is 52.9 Å². The van der Waals surface area contributed by atoms with Gasteiger partial charge in [0, 0.05) is 43.4 Å². The van der Waals surface area contributed by atoms with Crippen molar-refractivity contribution in [3.63, 3.8) is 0 Å². The summed E-state index contributed by atoms with van der Waals surface area (Å²) < 4.78 is 0. The first kappa shape index (κ1) is 16.0. The van der Waals surface area contributed by atoms with Gasteiger partial charge in [-0.15, -0.1) is 0 Å². The first-order chi connectivity index (χ1) is 10.2. The number of rotatable bonds is 5. The number of thioether (sulfide) groups is 1. The minimum Gasteiger partial charge on any atom is -0.370 e. The number of likely N-dealkylation sites (N-methyl/N-ethyl adjacent to an activating group) is 1. The van der Waals surface area contributed by atoms with E-state index in [1.807, 2.05) is 11.8 Å². The quantitative estimate of drug-likeness (QED) is 0.669. The van der Waals surface area contributed by atoms with Gasteiger partial charge in [-0.2, -0.15) is 11.8 Å². The van der Waals surface area contributed by atoms with Crippen molar-refractivity contribution in [2.75, 3.05) is 49.1 Å². The Morgan fingerprint density at radius 3 is 2.71 bits per heavy atom. The third-order valence-corrected chi connectivity index (χ3v) is 4.76. The van der Waals surface area contributed by atoms with Gasteiger partial charge in [0.05, 0.1) is 6.54 Å². The highest BCUT2D eigenvalue weighted by molar-refractivity contribution is 7.99. The molecule has 1 aromatic carbocycles. The Morgan fingerprint density at radius 1 is 1.33 bits per heavy atom. The van der Waals surface area contributed by atoms with Gasteiger partial charge < -0.3 is 15.5 Å². The Kier molecular flexibility index (Phi) is 6.23. The van der Waals surface area contributed by atoms with Crippen molar-refractivity contribution < 1.29 is 0 Å². The summed E-state index contributed by atoms with van der Waals surface area (Å²) in [6.45, 7) is 9.02. The number of nitrogens with two attached hydrogens (primary N) is 1. The number of hydrogen-bond donors (Lipinski definition) is 1. The Morgan fingerprint density at radius 2 is 2.05 bits per heavy atom. The largest absolute Gasteiger partial charge is 0.370 e. The predicted molar refractivity (Wildman–Crippen MR) is 94.5 cm³/mol. The second-order valence-electron chi connectivity index (χ2n) is 5.21. The minimum absolute atomic E-state index is 0.705. The standard InChI is InChI=1S/C16H26N4S/c1-3-19(15-7-5-4-6-14(15)2)9-8-18-16(17)20-10-12-21-13-11-20/h4-7H,3,8-13H2,1-2H3,(H2,17,18). The van der Waals surface area contributed by atoms with Crippen molar-refractivity contribution in [1.29, 1.82) is 0 Å². The summed E-state index contributed by atoms with van der Waals surface area (Å²) in [5, 5.41) is 0. The average Bonchev–Trinajstić information content (AvgIpc) is 2.53. The topological polar surface area (TPSA) is 44.9 Å². The van der Waals surface area contributed by atoms with Gasteiger partial charge in [0.1, 0.15) is 0 Å². The minimum atomic E-state index is 0.705. The molecular formula is C16H26N4S. The lowest BCUT2D eigenvalue weighted by molar-refractivity contribution is 0.456. The Bertz CT molecular complexity index is 469. The first-order valence-corrected chi connectivity index (χ1v) is 8.81. The zero-order valence-electron chi connectivity index (χ0n) is 13.1. The van der Waals surface area contributed by atoms with E-state index in [0.717, 1.165) is 44.2 Å². The molecule has 0 aliphatic carbocycles. The summed E-state index contributed by atoms with van der Waals surface area (Å²) in [5.74, 6) is 3.01. The van der Waals surface area contributed by atoms with Crippen molar-refractivity contribution in [2.24, 2.45) is 10.7 Å². The molecule has 116 valence electrons. The van der Waals surface area contributed by atoms with Crippen LogP contribution in [0.2, 0.25) is 0 Å². The number of para-hydroxylation sites is 1. The summed E-state index contributed by atoms with van der Waals surface area (Å²) in [6, 6.07) is 8.50. The molecule has 1 fully saturated rings. The molecule has 1 heterocycles. The van der Waals surface area contributed by atoms with E-state index in [1.54, 1.807) is 0 Å².